The SMILES string of the molecule is COCCC1=CCC=C(C)C1C(=O)CC(C)(C)C. The Bertz CT molecular complexity index is 356. The predicted octanol–water partition coefficient (Wildman–Crippen LogP) is 3.92. The van der Waals surface area contributed by atoms with Crippen molar-refractivity contribution >= 4 is 5.78 Å². The van der Waals surface area contributed by atoms with Gasteiger partial charge in [-0.25, -0.2) is 0 Å². The van der Waals surface area contributed by atoms with E-state index in [0.717, 1.165) is 12.8 Å². The molecule has 1 atom stereocenters. The summed E-state index contributed by atoms with van der Waals surface area (Å²) in [5, 5.41) is 0. The number of allylic oxidation sites excluding steroid dienone is 3. The zero-order valence-corrected chi connectivity index (χ0v) is 12.4. The minimum absolute atomic E-state index is 0.00637. The van der Waals surface area contributed by atoms with Crippen molar-refractivity contribution in [3.05, 3.63) is 23.3 Å². The van der Waals surface area contributed by atoms with Gasteiger partial charge in [0.15, 0.2) is 0 Å². The van der Waals surface area contributed by atoms with Crippen molar-refractivity contribution in [1.29, 1.82) is 0 Å². The largest absolute Gasteiger partial charge is 0.384 e. The van der Waals surface area contributed by atoms with Gasteiger partial charge in [-0.05, 0) is 25.2 Å². The molecule has 1 aliphatic carbocycles. The first kappa shape index (κ1) is 15.2. The molecule has 0 saturated carbocycles. The van der Waals surface area contributed by atoms with E-state index in [0.29, 0.717) is 18.8 Å². The molecule has 2 nitrogen and oxygen atoms in total. The molecule has 0 spiro atoms. The molecule has 18 heavy (non-hydrogen) atoms. The number of Topliss-reactive ketones (excluding diaryl/α,β-unsaturated/α-hetero) is 1. The second kappa shape index (κ2) is 6.33. The van der Waals surface area contributed by atoms with Gasteiger partial charge in [0.1, 0.15) is 5.78 Å². The van der Waals surface area contributed by atoms with Gasteiger partial charge >= 0.3 is 0 Å². The fourth-order valence-corrected chi connectivity index (χ4v) is 2.48. The Morgan fingerprint density at radius 3 is 2.61 bits per heavy atom. The molecule has 0 N–H and O–H groups in total. The molecule has 0 radical (unpaired) electrons. The molecule has 1 rings (SSSR count). The Balaban J connectivity index is 2.79. The molecule has 0 aromatic heterocycles. The molecule has 102 valence electrons. The summed E-state index contributed by atoms with van der Waals surface area (Å²) in [6.45, 7) is 9.12. The Labute approximate surface area is 111 Å². The molecular weight excluding hydrogens is 224 g/mol. The van der Waals surface area contributed by atoms with Crippen LogP contribution in [0.4, 0.5) is 0 Å². The lowest BCUT2D eigenvalue weighted by atomic mass is 9.77. The molecule has 0 saturated heterocycles. The number of methoxy groups -OCH3 is 1. The van der Waals surface area contributed by atoms with Crippen LogP contribution in [0.15, 0.2) is 23.3 Å². The number of carbonyl (C=O) groups is 1. The van der Waals surface area contributed by atoms with Crippen molar-refractivity contribution in [1.82, 2.24) is 0 Å². The second-order valence-corrected chi connectivity index (χ2v) is 6.34. The smallest absolute Gasteiger partial charge is 0.144 e. The average molecular weight is 250 g/mol. The molecule has 0 fully saturated rings. The van der Waals surface area contributed by atoms with Crippen molar-refractivity contribution in [2.75, 3.05) is 13.7 Å². The monoisotopic (exact) mass is 250 g/mol. The van der Waals surface area contributed by atoms with Gasteiger partial charge in [-0.15, -0.1) is 0 Å². The van der Waals surface area contributed by atoms with Crippen LogP contribution in [0.25, 0.3) is 0 Å². The summed E-state index contributed by atoms with van der Waals surface area (Å²) < 4.78 is 5.14. The van der Waals surface area contributed by atoms with Crippen molar-refractivity contribution in [2.24, 2.45) is 11.3 Å². The third-order valence-electron chi connectivity index (χ3n) is 3.27. The van der Waals surface area contributed by atoms with Crippen LogP contribution in [-0.4, -0.2) is 19.5 Å². The maximum atomic E-state index is 12.5. The highest BCUT2D eigenvalue weighted by Crippen LogP contribution is 2.32. The molecule has 0 heterocycles. The number of rotatable bonds is 5. The quantitative estimate of drug-likeness (QED) is 0.691. The highest BCUT2D eigenvalue weighted by molar-refractivity contribution is 5.87. The molecule has 0 amide bonds. The van der Waals surface area contributed by atoms with Crippen molar-refractivity contribution in [2.45, 2.75) is 47.0 Å². The average Bonchev–Trinajstić information content (AvgIpc) is 2.23. The van der Waals surface area contributed by atoms with E-state index in [1.807, 2.05) is 0 Å². The summed E-state index contributed by atoms with van der Waals surface area (Å²) in [6.07, 6.45) is 6.80. The zero-order valence-electron chi connectivity index (χ0n) is 12.4. The Kier molecular flexibility index (Phi) is 5.33. The Hall–Kier alpha value is -0.890. The standard InChI is InChI=1S/C16H26O2/c1-12-7-6-8-13(9-10-18-5)15(12)14(17)11-16(2,3)4/h7-8,15H,6,9-11H2,1-5H3. The number of hydrogen-bond donors (Lipinski definition) is 0. The lowest BCUT2D eigenvalue weighted by molar-refractivity contribution is -0.122. The van der Waals surface area contributed by atoms with Crippen LogP contribution in [0.3, 0.4) is 0 Å². The zero-order chi connectivity index (χ0) is 13.8. The lowest BCUT2D eigenvalue weighted by Crippen LogP contribution is -2.25. The van der Waals surface area contributed by atoms with Crippen LogP contribution in [0.2, 0.25) is 0 Å². The molecule has 2 heteroatoms. The van der Waals surface area contributed by atoms with Crippen LogP contribution >= 0.6 is 0 Å². The van der Waals surface area contributed by atoms with Crippen LogP contribution in [0.1, 0.15) is 47.0 Å². The van der Waals surface area contributed by atoms with E-state index >= 15 is 0 Å². The minimum Gasteiger partial charge on any atom is -0.384 e. The Morgan fingerprint density at radius 2 is 2.06 bits per heavy atom. The third kappa shape index (κ3) is 4.41. The summed E-state index contributed by atoms with van der Waals surface area (Å²) in [7, 11) is 1.71. The van der Waals surface area contributed by atoms with Gasteiger partial charge in [-0.1, -0.05) is 44.1 Å². The summed E-state index contributed by atoms with van der Waals surface area (Å²) in [4.78, 5) is 12.5. The maximum Gasteiger partial charge on any atom is 0.144 e. The van der Waals surface area contributed by atoms with E-state index in [-0.39, 0.29) is 11.3 Å². The van der Waals surface area contributed by atoms with Crippen molar-refractivity contribution in [3.8, 4) is 0 Å². The summed E-state index contributed by atoms with van der Waals surface area (Å²) in [5.74, 6) is 0.339. The third-order valence-corrected chi connectivity index (χ3v) is 3.27. The fraction of sp³-hybridized carbons (Fsp3) is 0.688. The number of ether oxygens (including phenoxy) is 1. The first-order valence-corrected chi connectivity index (χ1v) is 6.72. The second-order valence-electron chi connectivity index (χ2n) is 6.34. The highest BCUT2D eigenvalue weighted by atomic mass is 16.5. The number of ketones is 1. The van der Waals surface area contributed by atoms with Gasteiger partial charge in [0.05, 0.1) is 5.92 Å². The van der Waals surface area contributed by atoms with Crippen molar-refractivity contribution < 1.29 is 9.53 Å². The molecule has 0 aromatic rings. The van der Waals surface area contributed by atoms with E-state index in [9.17, 15) is 4.79 Å². The van der Waals surface area contributed by atoms with Crippen LogP contribution in [-0.2, 0) is 9.53 Å². The number of hydrogen-bond acceptors (Lipinski definition) is 2. The van der Waals surface area contributed by atoms with Crippen molar-refractivity contribution in [3.63, 3.8) is 0 Å². The van der Waals surface area contributed by atoms with Gasteiger partial charge in [-0.3, -0.25) is 4.79 Å². The number of carbonyl (C=O) groups excluding carboxylic acids is 1. The molecule has 0 aromatic carbocycles. The summed E-state index contributed by atoms with van der Waals surface area (Å²) >= 11 is 0. The van der Waals surface area contributed by atoms with Gasteiger partial charge in [0.2, 0.25) is 0 Å². The van der Waals surface area contributed by atoms with Gasteiger partial charge in [0.25, 0.3) is 0 Å². The lowest BCUT2D eigenvalue weighted by Gasteiger charge is -2.27. The molecule has 1 unspecified atom stereocenters. The normalized spacial score (nSPS) is 20.4. The first-order valence-electron chi connectivity index (χ1n) is 6.72. The van der Waals surface area contributed by atoms with Crippen LogP contribution in [0, 0.1) is 11.3 Å². The summed E-state index contributed by atoms with van der Waals surface area (Å²) in [6, 6.07) is 0. The first-order chi connectivity index (χ1) is 8.35. The topological polar surface area (TPSA) is 26.3 Å². The van der Waals surface area contributed by atoms with Gasteiger partial charge in [-0.2, -0.15) is 0 Å². The van der Waals surface area contributed by atoms with Gasteiger partial charge in [0, 0.05) is 20.1 Å². The maximum absolute atomic E-state index is 12.5. The van der Waals surface area contributed by atoms with Crippen LogP contribution in [0.5, 0.6) is 0 Å². The molecule has 0 aliphatic heterocycles. The van der Waals surface area contributed by atoms with E-state index < -0.39 is 0 Å². The predicted molar refractivity (Wildman–Crippen MR) is 75.5 cm³/mol. The highest BCUT2D eigenvalue weighted by Gasteiger charge is 2.28. The molecule has 0 bridgehead atoms. The van der Waals surface area contributed by atoms with Gasteiger partial charge < -0.3 is 4.74 Å². The van der Waals surface area contributed by atoms with E-state index in [4.69, 9.17) is 4.74 Å². The Morgan fingerprint density at radius 1 is 1.39 bits per heavy atom. The van der Waals surface area contributed by atoms with E-state index in [1.54, 1.807) is 7.11 Å². The minimum atomic E-state index is -0.00637. The fourth-order valence-electron chi connectivity index (χ4n) is 2.48. The summed E-state index contributed by atoms with van der Waals surface area (Å²) in [5.41, 5.74) is 2.50. The van der Waals surface area contributed by atoms with Crippen LogP contribution < -0.4 is 0 Å². The van der Waals surface area contributed by atoms with E-state index in [2.05, 4.69) is 39.8 Å². The van der Waals surface area contributed by atoms with E-state index in [1.165, 1.54) is 11.1 Å². The molecule has 1 aliphatic rings. The molecular formula is C16H26O2.